The van der Waals surface area contributed by atoms with Crippen molar-refractivity contribution in [3.63, 3.8) is 0 Å². The first-order valence-electron chi connectivity index (χ1n) is 11.5. The third-order valence-corrected chi connectivity index (χ3v) is 6.20. The van der Waals surface area contributed by atoms with E-state index in [-0.39, 0.29) is 30.6 Å². The Kier molecular flexibility index (Phi) is 7.49. The molecule has 0 unspecified atom stereocenters. The molecule has 0 saturated carbocycles. The summed E-state index contributed by atoms with van der Waals surface area (Å²) >= 11 is 0. The number of ether oxygens (including phenoxy) is 1. The molecule has 0 radical (unpaired) electrons. The highest BCUT2D eigenvalue weighted by Gasteiger charge is 2.34. The molecule has 3 atom stereocenters. The number of aliphatic hydroxyl groups excluding tert-OH is 1. The normalized spacial score (nSPS) is 19.2. The summed E-state index contributed by atoms with van der Waals surface area (Å²) < 4.78 is 6.39. The third-order valence-electron chi connectivity index (χ3n) is 6.20. The lowest BCUT2D eigenvalue weighted by atomic mass is 9.99. The van der Waals surface area contributed by atoms with E-state index in [0.717, 1.165) is 23.2 Å². The molecule has 1 N–H and O–H groups in total. The summed E-state index contributed by atoms with van der Waals surface area (Å²) in [6, 6.07) is 9.24. The van der Waals surface area contributed by atoms with E-state index in [1.165, 1.54) is 0 Å². The van der Waals surface area contributed by atoms with Gasteiger partial charge in [0, 0.05) is 62.1 Å². The molecular formula is C26H31N5O3. The Morgan fingerprint density at radius 1 is 1.18 bits per heavy atom. The molecule has 1 aliphatic rings. The van der Waals surface area contributed by atoms with Gasteiger partial charge in [-0.15, -0.1) is 0 Å². The lowest BCUT2D eigenvalue weighted by molar-refractivity contribution is 0.0325. The number of aromatic nitrogens is 3. The number of nitrogens with zero attached hydrogens (tertiary/aromatic N) is 5. The van der Waals surface area contributed by atoms with Crippen molar-refractivity contribution in [3.05, 3.63) is 72.4 Å². The molecule has 1 aliphatic heterocycles. The van der Waals surface area contributed by atoms with Crippen molar-refractivity contribution >= 4 is 5.91 Å². The largest absolute Gasteiger partial charge is 0.472 e. The van der Waals surface area contributed by atoms with Gasteiger partial charge in [-0.3, -0.25) is 19.7 Å². The van der Waals surface area contributed by atoms with Gasteiger partial charge >= 0.3 is 0 Å². The first-order valence-corrected chi connectivity index (χ1v) is 11.5. The fourth-order valence-electron chi connectivity index (χ4n) is 4.20. The standard InChI is InChI=1S/C26H31N5O3/c1-18-14-31(19(2)17-32)26(33)23-11-22(21-6-9-27-10-7-21)13-29-25(23)34-24(18)16-30(3)15-20-5-4-8-28-12-20/h4-13,18-19,24,32H,14-17H2,1-3H3/t18-,19+,24+/m1/s1. The van der Waals surface area contributed by atoms with Gasteiger partial charge in [-0.05, 0) is 49.4 Å². The van der Waals surface area contributed by atoms with Gasteiger partial charge in [0.15, 0.2) is 0 Å². The zero-order chi connectivity index (χ0) is 24.1. The summed E-state index contributed by atoms with van der Waals surface area (Å²) in [6.45, 7) is 5.68. The van der Waals surface area contributed by atoms with Crippen LogP contribution in [0.4, 0.5) is 0 Å². The van der Waals surface area contributed by atoms with Gasteiger partial charge in [0.25, 0.3) is 5.91 Å². The first kappa shape index (κ1) is 23.8. The zero-order valence-corrected chi connectivity index (χ0v) is 19.8. The summed E-state index contributed by atoms with van der Waals surface area (Å²) in [4.78, 5) is 30.3. The highest BCUT2D eigenvalue weighted by atomic mass is 16.5. The molecule has 0 bridgehead atoms. The van der Waals surface area contributed by atoms with Gasteiger partial charge in [-0.1, -0.05) is 13.0 Å². The molecule has 8 heteroatoms. The molecule has 178 valence electrons. The highest BCUT2D eigenvalue weighted by molar-refractivity contribution is 5.98. The Balaban J connectivity index is 1.65. The predicted molar refractivity (Wildman–Crippen MR) is 129 cm³/mol. The summed E-state index contributed by atoms with van der Waals surface area (Å²) in [5.74, 6) is 0.169. The molecule has 3 aromatic rings. The molecule has 0 saturated heterocycles. The van der Waals surface area contributed by atoms with Crippen molar-refractivity contribution in [1.82, 2.24) is 24.8 Å². The van der Waals surface area contributed by atoms with Crippen LogP contribution in [0.15, 0.2) is 61.3 Å². The average molecular weight is 462 g/mol. The Labute approximate surface area is 200 Å². The van der Waals surface area contributed by atoms with Crippen LogP contribution in [0.3, 0.4) is 0 Å². The first-order chi connectivity index (χ1) is 16.5. The highest BCUT2D eigenvalue weighted by Crippen LogP contribution is 2.30. The smallest absolute Gasteiger partial charge is 0.259 e. The number of amides is 1. The monoisotopic (exact) mass is 461 g/mol. The number of carbonyl (C=O) groups is 1. The molecule has 3 aromatic heterocycles. The Morgan fingerprint density at radius 2 is 1.97 bits per heavy atom. The number of rotatable bonds is 7. The molecule has 0 aromatic carbocycles. The Hall–Kier alpha value is -3.36. The van der Waals surface area contributed by atoms with E-state index in [1.54, 1.807) is 29.7 Å². The van der Waals surface area contributed by atoms with Crippen LogP contribution in [0.5, 0.6) is 5.88 Å². The summed E-state index contributed by atoms with van der Waals surface area (Å²) in [7, 11) is 2.04. The van der Waals surface area contributed by atoms with Crippen LogP contribution in [-0.4, -0.2) is 74.7 Å². The number of aliphatic hydroxyl groups is 1. The number of pyridine rings is 3. The second-order valence-electron chi connectivity index (χ2n) is 8.99. The van der Waals surface area contributed by atoms with Crippen LogP contribution in [0.25, 0.3) is 11.1 Å². The van der Waals surface area contributed by atoms with Gasteiger partial charge in [-0.25, -0.2) is 4.98 Å². The summed E-state index contributed by atoms with van der Waals surface area (Å²) in [5, 5.41) is 9.85. The Morgan fingerprint density at radius 3 is 2.68 bits per heavy atom. The summed E-state index contributed by atoms with van der Waals surface area (Å²) in [6.07, 6.45) is 8.58. The van der Waals surface area contributed by atoms with Gasteiger partial charge in [0.2, 0.25) is 5.88 Å². The van der Waals surface area contributed by atoms with E-state index in [4.69, 9.17) is 4.74 Å². The topological polar surface area (TPSA) is 91.7 Å². The van der Waals surface area contributed by atoms with E-state index in [1.807, 2.05) is 50.5 Å². The van der Waals surface area contributed by atoms with Gasteiger partial charge in [0.1, 0.15) is 11.7 Å². The van der Waals surface area contributed by atoms with E-state index >= 15 is 0 Å². The molecule has 34 heavy (non-hydrogen) atoms. The van der Waals surface area contributed by atoms with Crippen LogP contribution >= 0.6 is 0 Å². The lowest BCUT2D eigenvalue weighted by Gasteiger charge is -2.37. The lowest BCUT2D eigenvalue weighted by Crippen LogP contribution is -2.49. The van der Waals surface area contributed by atoms with Crippen molar-refractivity contribution in [3.8, 4) is 17.0 Å². The van der Waals surface area contributed by atoms with Crippen molar-refractivity contribution in [2.24, 2.45) is 5.92 Å². The fourth-order valence-corrected chi connectivity index (χ4v) is 4.20. The zero-order valence-electron chi connectivity index (χ0n) is 19.8. The van der Waals surface area contributed by atoms with Gasteiger partial charge < -0.3 is 14.7 Å². The SMILES string of the molecule is C[C@@H]1CN([C@@H](C)CO)C(=O)c2cc(-c3ccncc3)cnc2O[C@H]1CN(C)Cc1cccnc1. The molecule has 4 rings (SSSR count). The molecule has 0 spiro atoms. The van der Waals surface area contributed by atoms with Gasteiger partial charge in [-0.2, -0.15) is 0 Å². The van der Waals surface area contributed by atoms with Crippen LogP contribution in [0.1, 0.15) is 29.8 Å². The van der Waals surface area contributed by atoms with Crippen LogP contribution in [-0.2, 0) is 6.54 Å². The molecule has 0 fully saturated rings. The fraction of sp³-hybridized carbons (Fsp3) is 0.385. The minimum atomic E-state index is -0.320. The van der Waals surface area contributed by atoms with Crippen molar-refractivity contribution in [2.75, 3.05) is 26.7 Å². The number of fused-ring (bicyclic) bond motifs is 1. The molecule has 1 amide bonds. The van der Waals surface area contributed by atoms with E-state index in [9.17, 15) is 9.90 Å². The van der Waals surface area contributed by atoms with E-state index in [0.29, 0.717) is 24.5 Å². The van der Waals surface area contributed by atoms with Crippen LogP contribution < -0.4 is 4.74 Å². The number of carbonyl (C=O) groups excluding carboxylic acids is 1. The predicted octanol–water partition coefficient (Wildman–Crippen LogP) is 2.89. The third kappa shape index (κ3) is 5.40. The van der Waals surface area contributed by atoms with E-state index in [2.05, 4.69) is 26.8 Å². The number of hydrogen-bond donors (Lipinski definition) is 1. The number of likely N-dealkylation sites (N-methyl/N-ethyl adjacent to an activating group) is 1. The maximum atomic E-state index is 13.6. The minimum absolute atomic E-state index is 0.0316. The second-order valence-corrected chi connectivity index (χ2v) is 8.99. The maximum Gasteiger partial charge on any atom is 0.259 e. The Bertz CT molecular complexity index is 1100. The van der Waals surface area contributed by atoms with Crippen LogP contribution in [0.2, 0.25) is 0 Å². The average Bonchev–Trinajstić information content (AvgIpc) is 2.86. The van der Waals surface area contributed by atoms with Crippen molar-refractivity contribution in [1.29, 1.82) is 0 Å². The van der Waals surface area contributed by atoms with Crippen molar-refractivity contribution in [2.45, 2.75) is 32.5 Å². The van der Waals surface area contributed by atoms with Gasteiger partial charge in [0.05, 0.1) is 12.6 Å². The molecule has 8 nitrogen and oxygen atoms in total. The molecule has 4 heterocycles. The number of hydrogen-bond acceptors (Lipinski definition) is 7. The van der Waals surface area contributed by atoms with E-state index < -0.39 is 0 Å². The van der Waals surface area contributed by atoms with Crippen molar-refractivity contribution < 1.29 is 14.6 Å². The quantitative estimate of drug-likeness (QED) is 0.578. The summed E-state index contributed by atoms with van der Waals surface area (Å²) in [5.41, 5.74) is 3.26. The molecule has 0 aliphatic carbocycles. The second kappa shape index (κ2) is 10.7. The maximum absolute atomic E-state index is 13.6. The van der Waals surface area contributed by atoms with Crippen LogP contribution in [0, 0.1) is 5.92 Å². The molecular weight excluding hydrogens is 430 g/mol. The minimum Gasteiger partial charge on any atom is -0.472 e.